The average molecular weight is 316 g/mol. The SMILES string of the molecule is O=CCn1ccc2cccc(-c3ccc(F)c(Cl)c3)c2c1=O. The van der Waals surface area contributed by atoms with Crippen LogP contribution in [0.1, 0.15) is 0 Å². The number of rotatable bonds is 3. The number of aldehydes is 1. The predicted octanol–water partition coefficient (Wildman–Crippen LogP) is 3.66. The van der Waals surface area contributed by atoms with Crippen molar-refractivity contribution in [2.45, 2.75) is 6.54 Å². The second-order valence-electron chi connectivity index (χ2n) is 4.84. The number of hydrogen-bond acceptors (Lipinski definition) is 2. The van der Waals surface area contributed by atoms with Crippen LogP contribution in [0.25, 0.3) is 21.9 Å². The topological polar surface area (TPSA) is 39.1 Å². The lowest BCUT2D eigenvalue weighted by Crippen LogP contribution is -2.20. The molecule has 0 N–H and O–H groups in total. The molecule has 0 fully saturated rings. The zero-order valence-corrected chi connectivity index (χ0v) is 12.2. The summed E-state index contributed by atoms with van der Waals surface area (Å²) in [4.78, 5) is 23.2. The Morgan fingerprint density at radius 1 is 1.18 bits per heavy atom. The monoisotopic (exact) mass is 315 g/mol. The molecule has 0 spiro atoms. The van der Waals surface area contributed by atoms with Gasteiger partial charge in [0.25, 0.3) is 5.56 Å². The summed E-state index contributed by atoms with van der Waals surface area (Å²) in [6.07, 6.45) is 2.26. The fourth-order valence-electron chi connectivity index (χ4n) is 2.46. The molecule has 0 saturated carbocycles. The van der Waals surface area contributed by atoms with Gasteiger partial charge in [0.1, 0.15) is 12.1 Å². The number of carbonyl (C=O) groups excluding carboxylic acids is 1. The van der Waals surface area contributed by atoms with E-state index >= 15 is 0 Å². The number of fused-ring (bicyclic) bond motifs is 1. The standard InChI is InChI=1S/C17H11ClFNO2/c18-14-10-12(4-5-15(14)19)13-3-1-2-11-6-7-20(8-9-21)17(22)16(11)13/h1-7,9-10H,8H2. The van der Waals surface area contributed by atoms with E-state index in [4.69, 9.17) is 11.6 Å². The van der Waals surface area contributed by atoms with Crippen molar-refractivity contribution in [1.29, 1.82) is 0 Å². The lowest BCUT2D eigenvalue weighted by Gasteiger charge is -2.09. The third-order valence-corrected chi connectivity index (χ3v) is 3.80. The van der Waals surface area contributed by atoms with Crippen molar-refractivity contribution < 1.29 is 9.18 Å². The molecule has 5 heteroatoms. The lowest BCUT2D eigenvalue weighted by atomic mass is 9.99. The van der Waals surface area contributed by atoms with Crippen LogP contribution in [0.5, 0.6) is 0 Å². The molecule has 1 heterocycles. The number of carbonyl (C=O) groups is 1. The molecule has 22 heavy (non-hydrogen) atoms. The van der Waals surface area contributed by atoms with Crippen molar-refractivity contribution in [2.24, 2.45) is 0 Å². The van der Waals surface area contributed by atoms with Gasteiger partial charge in [-0.15, -0.1) is 0 Å². The fraction of sp³-hybridized carbons (Fsp3) is 0.0588. The normalized spacial score (nSPS) is 10.8. The molecule has 3 nitrogen and oxygen atoms in total. The summed E-state index contributed by atoms with van der Waals surface area (Å²) in [5.74, 6) is -0.510. The molecule has 3 rings (SSSR count). The third kappa shape index (κ3) is 2.42. The predicted molar refractivity (Wildman–Crippen MR) is 84.7 cm³/mol. The van der Waals surface area contributed by atoms with Crippen LogP contribution in [0, 0.1) is 5.82 Å². The van der Waals surface area contributed by atoms with Gasteiger partial charge in [0.2, 0.25) is 0 Å². The van der Waals surface area contributed by atoms with Crippen LogP contribution >= 0.6 is 11.6 Å². The summed E-state index contributed by atoms with van der Waals surface area (Å²) < 4.78 is 14.7. The maximum Gasteiger partial charge on any atom is 0.259 e. The minimum atomic E-state index is -0.510. The van der Waals surface area contributed by atoms with Crippen LogP contribution in [0.15, 0.2) is 53.5 Å². The van der Waals surface area contributed by atoms with E-state index in [1.54, 1.807) is 24.4 Å². The zero-order valence-electron chi connectivity index (χ0n) is 11.4. The highest BCUT2D eigenvalue weighted by molar-refractivity contribution is 6.31. The molecule has 110 valence electrons. The highest BCUT2D eigenvalue weighted by atomic mass is 35.5. The summed E-state index contributed by atoms with van der Waals surface area (Å²) in [5, 5.41) is 1.23. The van der Waals surface area contributed by atoms with Gasteiger partial charge in [0.05, 0.1) is 17.0 Å². The van der Waals surface area contributed by atoms with E-state index in [0.29, 0.717) is 22.8 Å². The highest BCUT2D eigenvalue weighted by Crippen LogP contribution is 2.29. The van der Waals surface area contributed by atoms with Gasteiger partial charge < -0.3 is 9.36 Å². The average Bonchev–Trinajstić information content (AvgIpc) is 2.52. The Balaban J connectivity index is 2.33. The Morgan fingerprint density at radius 2 is 2.00 bits per heavy atom. The molecule has 0 aliphatic heterocycles. The molecular weight excluding hydrogens is 305 g/mol. The molecule has 0 radical (unpaired) electrons. The second kappa shape index (κ2) is 5.73. The van der Waals surface area contributed by atoms with Gasteiger partial charge in [-0.05, 0) is 34.7 Å². The molecule has 3 aromatic rings. The molecule has 0 aliphatic carbocycles. The minimum absolute atomic E-state index is 0.00125. The van der Waals surface area contributed by atoms with Gasteiger partial charge >= 0.3 is 0 Å². The van der Waals surface area contributed by atoms with E-state index in [1.165, 1.54) is 16.7 Å². The summed E-state index contributed by atoms with van der Waals surface area (Å²) in [7, 11) is 0. The summed E-state index contributed by atoms with van der Waals surface area (Å²) >= 11 is 5.83. The Kier molecular flexibility index (Phi) is 3.77. The molecule has 0 atom stereocenters. The van der Waals surface area contributed by atoms with E-state index < -0.39 is 5.82 Å². The molecular formula is C17H11ClFNO2. The number of hydrogen-bond donors (Lipinski definition) is 0. The number of benzene rings is 2. The molecule has 0 saturated heterocycles. The lowest BCUT2D eigenvalue weighted by molar-refractivity contribution is -0.108. The van der Waals surface area contributed by atoms with Gasteiger partial charge in [-0.1, -0.05) is 35.9 Å². The Labute approximate surface area is 130 Å². The summed E-state index contributed by atoms with van der Waals surface area (Å²) in [6.45, 7) is -0.00667. The van der Waals surface area contributed by atoms with E-state index in [2.05, 4.69) is 0 Å². The van der Waals surface area contributed by atoms with Crippen LogP contribution in [-0.2, 0) is 11.3 Å². The number of nitrogens with zero attached hydrogens (tertiary/aromatic N) is 1. The van der Waals surface area contributed by atoms with Crippen molar-refractivity contribution in [1.82, 2.24) is 4.57 Å². The van der Waals surface area contributed by atoms with Crippen LogP contribution in [0.2, 0.25) is 5.02 Å². The van der Waals surface area contributed by atoms with Crippen molar-refractivity contribution >= 4 is 28.7 Å². The smallest absolute Gasteiger partial charge is 0.259 e. The number of aromatic nitrogens is 1. The van der Waals surface area contributed by atoms with Crippen LogP contribution < -0.4 is 5.56 Å². The van der Waals surface area contributed by atoms with Gasteiger partial charge in [0, 0.05) is 6.20 Å². The van der Waals surface area contributed by atoms with Gasteiger partial charge in [-0.3, -0.25) is 4.79 Å². The first-order valence-corrected chi connectivity index (χ1v) is 7.01. The Hall–Kier alpha value is -2.46. The maximum atomic E-state index is 13.3. The van der Waals surface area contributed by atoms with E-state index in [-0.39, 0.29) is 17.1 Å². The van der Waals surface area contributed by atoms with E-state index in [0.717, 1.165) is 5.39 Å². The molecule has 0 amide bonds. The molecule has 1 aromatic heterocycles. The summed E-state index contributed by atoms with van der Waals surface area (Å²) in [5.41, 5.74) is 1.04. The fourth-order valence-corrected chi connectivity index (χ4v) is 2.64. The number of halogens is 2. The van der Waals surface area contributed by atoms with Crippen LogP contribution in [0.4, 0.5) is 4.39 Å². The van der Waals surface area contributed by atoms with E-state index in [9.17, 15) is 14.0 Å². The van der Waals surface area contributed by atoms with E-state index in [1.807, 2.05) is 12.1 Å². The first-order valence-electron chi connectivity index (χ1n) is 6.63. The van der Waals surface area contributed by atoms with Crippen molar-refractivity contribution in [3.8, 4) is 11.1 Å². The van der Waals surface area contributed by atoms with Crippen molar-refractivity contribution in [3.63, 3.8) is 0 Å². The first kappa shape index (κ1) is 14.5. The Bertz CT molecular complexity index is 934. The van der Waals surface area contributed by atoms with Crippen molar-refractivity contribution in [2.75, 3.05) is 0 Å². The highest BCUT2D eigenvalue weighted by Gasteiger charge is 2.11. The molecule has 0 unspecified atom stereocenters. The summed E-state index contributed by atoms with van der Waals surface area (Å²) in [6, 6.07) is 11.5. The quantitative estimate of drug-likeness (QED) is 0.692. The Morgan fingerprint density at radius 3 is 2.73 bits per heavy atom. The largest absolute Gasteiger partial charge is 0.308 e. The molecule has 0 bridgehead atoms. The van der Waals surface area contributed by atoms with Gasteiger partial charge in [0.15, 0.2) is 0 Å². The van der Waals surface area contributed by atoms with Crippen molar-refractivity contribution in [3.05, 3.63) is 69.9 Å². The van der Waals surface area contributed by atoms with Gasteiger partial charge in [-0.2, -0.15) is 0 Å². The molecule has 2 aromatic carbocycles. The molecule has 0 aliphatic rings. The minimum Gasteiger partial charge on any atom is -0.308 e. The second-order valence-corrected chi connectivity index (χ2v) is 5.25. The van der Waals surface area contributed by atoms with Gasteiger partial charge in [-0.25, -0.2) is 4.39 Å². The van der Waals surface area contributed by atoms with Crippen LogP contribution in [-0.4, -0.2) is 10.9 Å². The van der Waals surface area contributed by atoms with Crippen LogP contribution in [0.3, 0.4) is 0 Å². The number of pyridine rings is 1. The zero-order chi connectivity index (χ0) is 15.7. The first-order chi connectivity index (χ1) is 10.6. The third-order valence-electron chi connectivity index (χ3n) is 3.51. The maximum absolute atomic E-state index is 13.3.